The van der Waals surface area contributed by atoms with Gasteiger partial charge in [0, 0.05) is 10.6 Å². The molecule has 0 fully saturated rings. The molecule has 1 aromatic rings. The summed E-state index contributed by atoms with van der Waals surface area (Å²) in [6.07, 6.45) is -0.624. The number of aryl methyl sites for hydroxylation is 1. The summed E-state index contributed by atoms with van der Waals surface area (Å²) in [6, 6.07) is 7.36. The average molecular weight is 372 g/mol. The number of alkyl carbamates (subject to hydrolysis) is 1. The fourth-order valence-electron chi connectivity index (χ4n) is 1.63. The van der Waals surface area contributed by atoms with Crippen molar-refractivity contribution in [2.45, 2.75) is 51.2 Å². The molecule has 5 nitrogen and oxygen atoms in total. The van der Waals surface area contributed by atoms with Crippen molar-refractivity contribution in [3.63, 3.8) is 0 Å². The smallest absolute Gasteiger partial charge is 0.408 e. The molecule has 1 rings (SSSR count). The number of benzene rings is 1. The number of carbonyl (C=O) groups excluding carboxylic acids is 2. The van der Waals surface area contributed by atoms with Crippen LogP contribution in [-0.4, -0.2) is 36.1 Å². The summed E-state index contributed by atoms with van der Waals surface area (Å²) >= 11 is 0. The van der Waals surface area contributed by atoms with Gasteiger partial charge in [-0.2, -0.15) is 0 Å². The molecular weight excluding hydrogens is 346 g/mol. The van der Waals surface area contributed by atoms with Gasteiger partial charge in [-0.3, -0.25) is 0 Å². The van der Waals surface area contributed by atoms with E-state index in [0.29, 0.717) is 5.75 Å². The molecule has 0 saturated carbocycles. The number of ether oxygens (including phenoxy) is 2. The summed E-state index contributed by atoms with van der Waals surface area (Å²) in [5.41, 5.74) is 0.577. The van der Waals surface area contributed by atoms with Crippen molar-refractivity contribution in [2.24, 2.45) is 0 Å². The molecule has 0 spiro atoms. The maximum atomic E-state index is 12.0. The Hall–Kier alpha value is -1.34. The second kappa shape index (κ2) is 9.84. The van der Waals surface area contributed by atoms with E-state index in [9.17, 15) is 9.59 Å². The van der Waals surface area contributed by atoms with Gasteiger partial charge in [0.25, 0.3) is 0 Å². The fraction of sp³-hybridized carbons (Fsp3) is 0.529. The number of esters is 1. The zero-order chi connectivity index (χ0) is 18.2. The van der Waals surface area contributed by atoms with Gasteiger partial charge in [0.1, 0.15) is 11.6 Å². The van der Waals surface area contributed by atoms with Crippen LogP contribution in [0.15, 0.2) is 29.2 Å². The first-order chi connectivity index (χ1) is 11.2. The van der Waals surface area contributed by atoms with Crippen molar-refractivity contribution in [3.05, 3.63) is 29.8 Å². The summed E-state index contributed by atoms with van der Waals surface area (Å²) in [7, 11) is 3.03. The molecule has 0 aromatic heterocycles. The van der Waals surface area contributed by atoms with E-state index in [2.05, 4.69) is 5.32 Å². The minimum Gasteiger partial charge on any atom is -0.464 e. The lowest BCUT2D eigenvalue weighted by molar-refractivity contribution is -0.144. The molecule has 7 heteroatoms. The molecule has 1 aromatic carbocycles. The van der Waals surface area contributed by atoms with Gasteiger partial charge in [-0.15, -0.1) is 0 Å². The van der Waals surface area contributed by atoms with Gasteiger partial charge in [0.05, 0.1) is 6.61 Å². The monoisotopic (exact) mass is 371 g/mol. The van der Waals surface area contributed by atoms with Crippen LogP contribution in [-0.2, 0) is 14.3 Å². The Morgan fingerprint density at radius 2 is 1.83 bits per heavy atom. The van der Waals surface area contributed by atoms with Gasteiger partial charge < -0.3 is 14.8 Å². The number of amides is 1. The third-order valence-electron chi connectivity index (χ3n) is 2.67. The Morgan fingerprint density at radius 3 is 2.38 bits per heavy atom. The standard InChI is InChI=1S/C17H25NO4S2/c1-6-21-15(19)14(18-16(20)22-17(3,4)5)11-23-24-13-9-7-12(2)8-10-13/h7-10,14H,6,11H2,1-5H3,(H,18,20). The molecule has 0 heterocycles. The van der Waals surface area contributed by atoms with Crippen LogP contribution in [0, 0.1) is 6.92 Å². The number of nitrogens with one attached hydrogen (secondary N) is 1. The van der Waals surface area contributed by atoms with E-state index < -0.39 is 23.7 Å². The highest BCUT2D eigenvalue weighted by Gasteiger charge is 2.25. The normalized spacial score (nSPS) is 12.4. The fourth-order valence-corrected chi connectivity index (χ4v) is 3.79. The first kappa shape index (κ1) is 20.7. The molecule has 134 valence electrons. The van der Waals surface area contributed by atoms with Crippen LogP contribution in [0.1, 0.15) is 33.3 Å². The zero-order valence-electron chi connectivity index (χ0n) is 14.8. The predicted molar refractivity (Wildman–Crippen MR) is 99.3 cm³/mol. The maximum Gasteiger partial charge on any atom is 0.408 e. The van der Waals surface area contributed by atoms with Gasteiger partial charge in [-0.25, -0.2) is 9.59 Å². The van der Waals surface area contributed by atoms with Gasteiger partial charge in [0.2, 0.25) is 0 Å². The molecule has 1 atom stereocenters. The van der Waals surface area contributed by atoms with Crippen LogP contribution >= 0.6 is 21.6 Å². The first-order valence-corrected chi connectivity index (χ1v) is 10.1. The number of carbonyl (C=O) groups is 2. The van der Waals surface area contributed by atoms with Gasteiger partial charge >= 0.3 is 12.1 Å². The Kier molecular flexibility index (Phi) is 8.48. The van der Waals surface area contributed by atoms with Crippen LogP contribution in [0.3, 0.4) is 0 Å². The van der Waals surface area contributed by atoms with E-state index in [1.54, 1.807) is 38.5 Å². The highest BCUT2D eigenvalue weighted by molar-refractivity contribution is 8.76. The van der Waals surface area contributed by atoms with E-state index >= 15 is 0 Å². The third-order valence-corrected chi connectivity index (χ3v) is 5.06. The van der Waals surface area contributed by atoms with Crippen molar-refractivity contribution >= 4 is 33.7 Å². The molecule has 0 aliphatic carbocycles. The van der Waals surface area contributed by atoms with Gasteiger partial charge in [0.15, 0.2) is 0 Å². The SMILES string of the molecule is CCOC(=O)C(CSSc1ccc(C)cc1)NC(=O)OC(C)(C)C. The summed E-state index contributed by atoms with van der Waals surface area (Å²) < 4.78 is 10.2. The van der Waals surface area contributed by atoms with Crippen LogP contribution in [0.5, 0.6) is 0 Å². The summed E-state index contributed by atoms with van der Waals surface area (Å²) in [4.78, 5) is 25.0. The van der Waals surface area contributed by atoms with Crippen molar-refractivity contribution in [1.29, 1.82) is 0 Å². The number of rotatable bonds is 7. The van der Waals surface area contributed by atoms with Crippen LogP contribution in [0.4, 0.5) is 4.79 Å². The average Bonchev–Trinajstić information content (AvgIpc) is 2.46. The molecule has 0 saturated heterocycles. The third kappa shape index (κ3) is 8.49. The van der Waals surface area contributed by atoms with E-state index in [1.165, 1.54) is 16.4 Å². The van der Waals surface area contributed by atoms with Crippen molar-refractivity contribution in [2.75, 3.05) is 12.4 Å². The lowest BCUT2D eigenvalue weighted by Crippen LogP contribution is -2.45. The molecule has 1 unspecified atom stereocenters. The second-order valence-corrected chi connectivity index (χ2v) is 8.55. The topological polar surface area (TPSA) is 64.6 Å². The van der Waals surface area contributed by atoms with Gasteiger partial charge in [-0.1, -0.05) is 39.3 Å². The van der Waals surface area contributed by atoms with Crippen LogP contribution < -0.4 is 5.32 Å². The Balaban J connectivity index is 2.57. The molecule has 0 radical (unpaired) electrons. The first-order valence-electron chi connectivity index (χ1n) is 7.73. The van der Waals surface area contributed by atoms with E-state index in [4.69, 9.17) is 9.47 Å². The molecular formula is C17H25NO4S2. The lowest BCUT2D eigenvalue weighted by atomic mass is 10.2. The Labute approximate surface area is 151 Å². The quantitative estimate of drug-likeness (QED) is 0.573. The number of hydrogen-bond acceptors (Lipinski definition) is 6. The Morgan fingerprint density at radius 1 is 1.21 bits per heavy atom. The van der Waals surface area contributed by atoms with Crippen molar-refractivity contribution < 1.29 is 19.1 Å². The molecule has 0 aliphatic rings. The second-order valence-electron chi connectivity index (χ2n) is 6.13. The van der Waals surface area contributed by atoms with E-state index in [-0.39, 0.29) is 6.61 Å². The highest BCUT2D eigenvalue weighted by atomic mass is 33.1. The summed E-state index contributed by atoms with van der Waals surface area (Å²) in [6.45, 7) is 9.34. The van der Waals surface area contributed by atoms with E-state index in [1.807, 2.05) is 31.2 Å². The molecule has 1 amide bonds. The molecule has 1 N–H and O–H groups in total. The minimum absolute atomic E-state index is 0.265. The summed E-state index contributed by atoms with van der Waals surface area (Å²) in [5, 5.41) is 2.58. The summed E-state index contributed by atoms with van der Waals surface area (Å²) in [5.74, 6) is -0.0725. The zero-order valence-corrected chi connectivity index (χ0v) is 16.4. The maximum absolute atomic E-state index is 12.0. The van der Waals surface area contributed by atoms with Crippen molar-refractivity contribution in [3.8, 4) is 0 Å². The van der Waals surface area contributed by atoms with Crippen LogP contribution in [0.2, 0.25) is 0 Å². The van der Waals surface area contributed by atoms with Crippen molar-refractivity contribution in [1.82, 2.24) is 5.32 Å². The minimum atomic E-state index is -0.747. The molecule has 24 heavy (non-hydrogen) atoms. The molecule has 0 aliphatic heterocycles. The number of hydrogen-bond donors (Lipinski definition) is 1. The lowest BCUT2D eigenvalue weighted by Gasteiger charge is -2.22. The predicted octanol–water partition coefficient (Wildman–Crippen LogP) is 4.19. The largest absolute Gasteiger partial charge is 0.464 e. The molecule has 0 bridgehead atoms. The van der Waals surface area contributed by atoms with E-state index in [0.717, 1.165) is 4.90 Å². The highest BCUT2D eigenvalue weighted by Crippen LogP contribution is 2.31. The van der Waals surface area contributed by atoms with Crippen LogP contribution in [0.25, 0.3) is 0 Å². The Bertz CT molecular complexity index is 541. The van der Waals surface area contributed by atoms with Gasteiger partial charge in [-0.05, 0) is 46.8 Å².